The molecule has 0 unspecified atom stereocenters. The van der Waals surface area contributed by atoms with Gasteiger partial charge in [0, 0.05) is 16.9 Å². The second-order valence-electron chi connectivity index (χ2n) is 11.8. The number of ether oxygens (including phenoxy) is 2. The molecule has 2 saturated heterocycles. The first kappa shape index (κ1) is 21.7. The van der Waals surface area contributed by atoms with E-state index >= 15 is 0 Å². The summed E-state index contributed by atoms with van der Waals surface area (Å²) >= 11 is 0. The van der Waals surface area contributed by atoms with Gasteiger partial charge in [-0.1, -0.05) is 32.4 Å². The highest BCUT2D eigenvalue weighted by Crippen LogP contribution is 2.78. The third-order valence-electron chi connectivity index (χ3n) is 10.8. The number of hydrogen-bond donors (Lipinski definition) is 1. The maximum atomic E-state index is 14.0. The predicted molar refractivity (Wildman–Crippen MR) is 116 cm³/mol. The fraction of sp³-hybridized carbons (Fsp3) is 0.731. The lowest BCUT2D eigenvalue weighted by Crippen LogP contribution is -2.74. The molecule has 2 heterocycles. The van der Waals surface area contributed by atoms with Crippen LogP contribution in [0.25, 0.3) is 0 Å². The Labute approximate surface area is 189 Å². The Kier molecular flexibility index (Phi) is 3.98. The topological polar surface area (TPSA) is 89.9 Å². The normalized spacial score (nSPS) is 48.5. The van der Waals surface area contributed by atoms with Crippen LogP contribution in [-0.2, 0) is 23.9 Å². The molecule has 1 spiro atoms. The van der Waals surface area contributed by atoms with Crippen LogP contribution in [0.5, 0.6) is 0 Å². The quantitative estimate of drug-likeness (QED) is 0.370. The van der Waals surface area contributed by atoms with E-state index in [9.17, 15) is 19.5 Å². The summed E-state index contributed by atoms with van der Waals surface area (Å²) in [5.41, 5.74) is -3.76. The largest absolute Gasteiger partial charge is 0.511 e. The minimum atomic E-state index is -1.62. The van der Waals surface area contributed by atoms with Gasteiger partial charge in [0.05, 0.1) is 17.9 Å². The summed E-state index contributed by atoms with van der Waals surface area (Å²) in [7, 11) is 1.30. The highest BCUT2D eigenvalue weighted by Gasteiger charge is 2.82. The van der Waals surface area contributed by atoms with E-state index in [1.807, 2.05) is 13.8 Å². The van der Waals surface area contributed by atoms with Gasteiger partial charge in [-0.3, -0.25) is 14.4 Å². The Morgan fingerprint density at radius 3 is 2.38 bits per heavy atom. The minimum absolute atomic E-state index is 0.0591. The van der Waals surface area contributed by atoms with Gasteiger partial charge in [0.15, 0.2) is 11.2 Å². The smallest absolute Gasteiger partial charge is 0.321 e. The standard InChI is InChI=1S/C26H34O6/c1-13-12-16-23(5,26(21(30)31-7)19(28)14(2)18(27)24(13,26)6)10-8-15-22(3,4)17-9-11-25(15,16)20(29)32-17/h12,15-17,27H,8-11H2,1-7H3/t15-,16+,17+,23-,24+,25-,26-/m0/s1. The van der Waals surface area contributed by atoms with Gasteiger partial charge in [0.2, 0.25) is 0 Å². The van der Waals surface area contributed by atoms with E-state index in [4.69, 9.17) is 9.47 Å². The SMILES string of the molecule is COC(=O)[C@]12C(=O)C(C)=C(O)[C@@]1(C)C(C)=C[C@H]1[C@@]34CC[C@@H](OC3=O)C(C)(C)[C@@H]4CC[C@@]12C. The van der Waals surface area contributed by atoms with Crippen molar-refractivity contribution in [3.63, 3.8) is 0 Å². The predicted octanol–water partition coefficient (Wildman–Crippen LogP) is 4.29. The molecular formula is C26H34O6. The first-order valence-electron chi connectivity index (χ1n) is 11.7. The Morgan fingerprint density at radius 1 is 1.12 bits per heavy atom. The Morgan fingerprint density at radius 2 is 1.78 bits per heavy atom. The molecule has 6 aliphatic rings. The Bertz CT molecular complexity index is 1030. The van der Waals surface area contributed by atoms with Crippen molar-refractivity contribution in [2.24, 2.45) is 38.9 Å². The van der Waals surface area contributed by atoms with E-state index in [1.165, 1.54) is 7.11 Å². The fourth-order valence-corrected chi connectivity index (χ4v) is 9.13. The van der Waals surface area contributed by atoms with Crippen molar-refractivity contribution >= 4 is 17.7 Å². The summed E-state index contributed by atoms with van der Waals surface area (Å²) in [6, 6.07) is 0. The molecule has 0 amide bonds. The lowest BCUT2D eigenvalue weighted by Gasteiger charge is -2.70. The van der Waals surface area contributed by atoms with E-state index in [1.54, 1.807) is 13.8 Å². The van der Waals surface area contributed by atoms with Gasteiger partial charge in [-0.05, 0) is 57.8 Å². The highest BCUT2D eigenvalue weighted by atomic mass is 16.6. The molecule has 4 fully saturated rings. The lowest BCUT2D eigenvalue weighted by molar-refractivity contribution is -0.262. The van der Waals surface area contributed by atoms with Crippen LogP contribution in [-0.4, -0.2) is 36.0 Å². The molecule has 0 aromatic carbocycles. The molecule has 2 saturated carbocycles. The molecule has 6 heteroatoms. The van der Waals surface area contributed by atoms with Crippen molar-refractivity contribution in [2.45, 2.75) is 73.3 Å². The van der Waals surface area contributed by atoms with Crippen molar-refractivity contribution in [3.05, 3.63) is 23.0 Å². The molecule has 174 valence electrons. The van der Waals surface area contributed by atoms with E-state index < -0.39 is 27.6 Å². The van der Waals surface area contributed by atoms with E-state index in [-0.39, 0.29) is 46.4 Å². The summed E-state index contributed by atoms with van der Waals surface area (Å²) in [6.45, 7) is 11.6. The summed E-state index contributed by atoms with van der Waals surface area (Å²) in [5.74, 6) is -1.51. The van der Waals surface area contributed by atoms with Crippen molar-refractivity contribution in [1.29, 1.82) is 0 Å². The van der Waals surface area contributed by atoms with Crippen LogP contribution in [0.1, 0.15) is 67.2 Å². The number of methoxy groups -OCH3 is 1. The fourth-order valence-electron chi connectivity index (χ4n) is 9.13. The molecule has 4 aliphatic carbocycles. The zero-order valence-corrected chi connectivity index (χ0v) is 20.1. The number of hydrogen-bond acceptors (Lipinski definition) is 6. The average Bonchev–Trinajstić information content (AvgIpc) is 2.90. The van der Waals surface area contributed by atoms with Gasteiger partial charge in [0.1, 0.15) is 11.9 Å². The van der Waals surface area contributed by atoms with Crippen molar-refractivity contribution < 1.29 is 29.0 Å². The highest BCUT2D eigenvalue weighted by molar-refractivity contribution is 6.17. The maximum absolute atomic E-state index is 14.0. The summed E-state index contributed by atoms with van der Waals surface area (Å²) in [4.78, 5) is 41.3. The first-order valence-corrected chi connectivity index (χ1v) is 11.7. The van der Waals surface area contributed by atoms with Crippen LogP contribution in [0.15, 0.2) is 23.0 Å². The number of aliphatic hydroxyl groups is 1. The number of Topliss-reactive ketones (excluding diaryl/α,β-unsaturated/α-hetero) is 1. The first-order chi connectivity index (χ1) is 14.8. The Hall–Kier alpha value is -2.11. The van der Waals surface area contributed by atoms with Gasteiger partial charge in [-0.2, -0.15) is 0 Å². The third-order valence-corrected chi connectivity index (χ3v) is 10.8. The van der Waals surface area contributed by atoms with Crippen LogP contribution in [0, 0.1) is 38.9 Å². The summed E-state index contributed by atoms with van der Waals surface area (Å²) < 4.78 is 11.3. The number of esters is 2. The molecule has 0 radical (unpaired) electrons. The van der Waals surface area contributed by atoms with Gasteiger partial charge in [-0.15, -0.1) is 0 Å². The van der Waals surface area contributed by atoms with Gasteiger partial charge < -0.3 is 14.6 Å². The monoisotopic (exact) mass is 442 g/mol. The molecule has 6 rings (SSSR count). The van der Waals surface area contributed by atoms with E-state index in [0.29, 0.717) is 12.8 Å². The molecule has 6 nitrogen and oxygen atoms in total. The molecule has 7 atom stereocenters. The van der Waals surface area contributed by atoms with Crippen molar-refractivity contribution in [3.8, 4) is 0 Å². The van der Waals surface area contributed by atoms with Gasteiger partial charge >= 0.3 is 11.9 Å². The average molecular weight is 443 g/mol. The third kappa shape index (κ3) is 1.80. The summed E-state index contributed by atoms with van der Waals surface area (Å²) in [6.07, 6.45) is 4.77. The van der Waals surface area contributed by atoms with Crippen LogP contribution in [0.4, 0.5) is 0 Å². The van der Waals surface area contributed by atoms with E-state index in [2.05, 4.69) is 19.9 Å². The van der Waals surface area contributed by atoms with Crippen LogP contribution < -0.4 is 0 Å². The molecule has 1 N–H and O–H groups in total. The number of rotatable bonds is 1. The zero-order valence-electron chi connectivity index (χ0n) is 20.1. The van der Waals surface area contributed by atoms with E-state index in [0.717, 1.165) is 18.4 Å². The number of carbonyl (C=O) groups excluding carboxylic acids is 3. The zero-order chi connectivity index (χ0) is 23.6. The number of allylic oxidation sites excluding steroid dienone is 3. The number of ketones is 1. The molecule has 2 bridgehead atoms. The number of aliphatic hydroxyl groups excluding tert-OH is 1. The molecule has 0 aromatic rings. The molecule has 2 aliphatic heterocycles. The minimum Gasteiger partial charge on any atom is -0.511 e. The molecular weight excluding hydrogens is 408 g/mol. The van der Waals surface area contributed by atoms with Crippen molar-refractivity contribution in [1.82, 2.24) is 0 Å². The Balaban J connectivity index is 1.85. The second-order valence-corrected chi connectivity index (χ2v) is 11.8. The van der Waals surface area contributed by atoms with Gasteiger partial charge in [-0.25, -0.2) is 0 Å². The van der Waals surface area contributed by atoms with Crippen LogP contribution in [0.2, 0.25) is 0 Å². The van der Waals surface area contributed by atoms with Gasteiger partial charge in [0.25, 0.3) is 0 Å². The van der Waals surface area contributed by atoms with Crippen molar-refractivity contribution in [2.75, 3.05) is 7.11 Å². The second kappa shape index (κ2) is 5.87. The molecule has 32 heavy (non-hydrogen) atoms. The lowest BCUT2D eigenvalue weighted by atomic mass is 9.32. The number of carbonyl (C=O) groups is 3. The van der Waals surface area contributed by atoms with Crippen LogP contribution in [0.3, 0.4) is 0 Å². The maximum Gasteiger partial charge on any atom is 0.321 e. The van der Waals surface area contributed by atoms with Crippen LogP contribution >= 0.6 is 0 Å². The number of fused-ring (bicyclic) bond motifs is 5. The molecule has 0 aromatic heterocycles. The summed E-state index contributed by atoms with van der Waals surface area (Å²) in [5, 5.41) is 11.2.